The normalized spacial score (nSPS) is 13.5. The molecule has 3 aromatic rings. The molecule has 0 bridgehead atoms. The molecule has 1 saturated heterocycles. The van der Waals surface area contributed by atoms with Crippen LogP contribution >= 0.6 is 0 Å². The van der Waals surface area contributed by atoms with Crippen LogP contribution in [-0.4, -0.2) is 46.6 Å². The van der Waals surface area contributed by atoms with E-state index in [1.54, 1.807) is 11.0 Å². The number of rotatable bonds is 8. The highest BCUT2D eigenvalue weighted by atomic mass is 19.1. The van der Waals surface area contributed by atoms with E-state index in [4.69, 9.17) is 5.73 Å². The van der Waals surface area contributed by atoms with E-state index in [9.17, 15) is 19.1 Å². The van der Waals surface area contributed by atoms with Gasteiger partial charge in [-0.3, -0.25) is 4.79 Å². The number of nitrogens with one attached hydrogen (secondary N) is 3. The van der Waals surface area contributed by atoms with Crippen molar-refractivity contribution in [3.05, 3.63) is 77.7 Å². The van der Waals surface area contributed by atoms with Gasteiger partial charge in [-0.25, -0.2) is 14.2 Å². The number of likely N-dealkylation sites (tertiary alicyclic amines) is 1. The molecule has 4 rings (SSSR count). The fourth-order valence-electron chi connectivity index (χ4n) is 3.51. The Kier molecular flexibility index (Phi) is 6.88. The van der Waals surface area contributed by atoms with E-state index >= 15 is 0 Å². The first-order valence-corrected chi connectivity index (χ1v) is 10.8. The number of hydrogen-bond acceptors (Lipinski definition) is 6. The summed E-state index contributed by atoms with van der Waals surface area (Å²) in [7, 11) is 0. The maximum Gasteiger partial charge on any atom is 0.321 e. The number of benzene rings is 2. The number of hydrogen-bond donors (Lipinski definition) is 5. The van der Waals surface area contributed by atoms with Crippen LogP contribution in [0, 0.1) is 5.82 Å². The summed E-state index contributed by atoms with van der Waals surface area (Å²) < 4.78 is 14.2. The van der Waals surface area contributed by atoms with Gasteiger partial charge in [-0.1, -0.05) is 30.3 Å². The number of anilines is 4. The van der Waals surface area contributed by atoms with Crippen molar-refractivity contribution in [2.45, 2.75) is 12.5 Å². The van der Waals surface area contributed by atoms with Crippen LogP contribution in [0.4, 0.5) is 32.1 Å². The Morgan fingerprint density at radius 2 is 1.88 bits per heavy atom. The summed E-state index contributed by atoms with van der Waals surface area (Å²) >= 11 is 0. The summed E-state index contributed by atoms with van der Waals surface area (Å²) in [5.41, 5.74) is 7.39. The molecule has 9 nitrogen and oxygen atoms in total. The molecule has 0 radical (unpaired) electrons. The van der Waals surface area contributed by atoms with Crippen molar-refractivity contribution in [1.29, 1.82) is 0 Å². The summed E-state index contributed by atoms with van der Waals surface area (Å²) in [6.07, 6.45) is 2.25. The predicted molar refractivity (Wildman–Crippen MR) is 128 cm³/mol. The first kappa shape index (κ1) is 23.0. The molecule has 1 atom stereocenters. The number of aliphatic hydroxyl groups is 1. The first-order chi connectivity index (χ1) is 16.4. The van der Waals surface area contributed by atoms with Crippen LogP contribution in [0.2, 0.25) is 0 Å². The van der Waals surface area contributed by atoms with E-state index in [2.05, 4.69) is 20.9 Å². The van der Waals surface area contributed by atoms with Gasteiger partial charge in [0.15, 0.2) is 0 Å². The van der Waals surface area contributed by atoms with Crippen LogP contribution < -0.4 is 21.7 Å². The second kappa shape index (κ2) is 10.2. The van der Waals surface area contributed by atoms with Crippen LogP contribution in [0.15, 0.2) is 60.8 Å². The number of nitrogens with zero attached hydrogens (tertiary/aromatic N) is 2. The maximum atomic E-state index is 14.2. The minimum atomic E-state index is -0.677. The van der Waals surface area contributed by atoms with Crippen molar-refractivity contribution in [2.24, 2.45) is 5.73 Å². The Bertz CT molecular complexity index is 1190. The number of carbonyl (C=O) groups is 2. The lowest BCUT2D eigenvalue weighted by Crippen LogP contribution is -2.44. The van der Waals surface area contributed by atoms with Crippen LogP contribution in [0.1, 0.15) is 28.4 Å². The summed E-state index contributed by atoms with van der Waals surface area (Å²) in [6.45, 7) is 1.08. The number of urea groups is 1. The van der Waals surface area contributed by atoms with Gasteiger partial charge in [-0.05, 0) is 30.2 Å². The number of nitrogens with two attached hydrogens (primary N) is 1. The Morgan fingerprint density at radius 1 is 1.12 bits per heavy atom. The van der Waals surface area contributed by atoms with Gasteiger partial charge >= 0.3 is 6.03 Å². The van der Waals surface area contributed by atoms with E-state index in [-0.39, 0.29) is 23.9 Å². The van der Waals surface area contributed by atoms with Crippen molar-refractivity contribution in [2.75, 3.05) is 35.6 Å². The van der Waals surface area contributed by atoms with Crippen molar-refractivity contribution in [3.63, 3.8) is 0 Å². The number of pyridine rings is 1. The molecule has 0 aliphatic carbocycles. The molecule has 6 N–H and O–H groups in total. The molecule has 0 saturated carbocycles. The fourth-order valence-corrected chi connectivity index (χ4v) is 3.51. The van der Waals surface area contributed by atoms with E-state index in [0.717, 1.165) is 12.0 Å². The second-order valence-corrected chi connectivity index (χ2v) is 7.86. The third-order valence-corrected chi connectivity index (χ3v) is 5.51. The van der Waals surface area contributed by atoms with Crippen molar-refractivity contribution < 1.29 is 19.1 Å². The molecule has 176 valence electrons. The molecule has 1 aliphatic heterocycles. The maximum absolute atomic E-state index is 14.2. The summed E-state index contributed by atoms with van der Waals surface area (Å²) in [4.78, 5) is 29.9. The molecule has 2 aromatic carbocycles. The molecule has 1 aromatic heterocycles. The van der Waals surface area contributed by atoms with Gasteiger partial charge < -0.3 is 31.7 Å². The lowest BCUT2D eigenvalue weighted by Gasteiger charge is -2.30. The van der Waals surface area contributed by atoms with E-state index in [0.29, 0.717) is 30.3 Å². The fraction of sp³-hybridized carbons (Fsp3) is 0.208. The number of carbonyl (C=O) groups excluding carboxylic acids is 2. The molecule has 10 heteroatoms. The van der Waals surface area contributed by atoms with Crippen molar-refractivity contribution in [1.82, 2.24) is 9.88 Å². The largest absolute Gasteiger partial charge is 0.394 e. The minimum Gasteiger partial charge on any atom is -0.394 e. The molecule has 2 heterocycles. The molecular weight excluding hydrogens is 439 g/mol. The number of halogens is 1. The Morgan fingerprint density at radius 3 is 2.53 bits per heavy atom. The van der Waals surface area contributed by atoms with Gasteiger partial charge in [-0.2, -0.15) is 0 Å². The zero-order valence-electron chi connectivity index (χ0n) is 18.3. The van der Waals surface area contributed by atoms with Crippen molar-refractivity contribution >= 4 is 34.8 Å². The van der Waals surface area contributed by atoms with Gasteiger partial charge in [0.25, 0.3) is 5.91 Å². The van der Waals surface area contributed by atoms with Crippen molar-refractivity contribution in [3.8, 4) is 0 Å². The first-order valence-electron chi connectivity index (χ1n) is 10.8. The van der Waals surface area contributed by atoms with E-state index in [1.165, 1.54) is 24.4 Å². The molecule has 3 amide bonds. The number of aliphatic hydroxyl groups excluding tert-OH is 1. The molecule has 34 heavy (non-hydrogen) atoms. The standard InChI is InChI=1S/C24H25FN6O3/c25-18-8-7-16(11-20(18)30-24(34)31-9-4-10-31)28-22-12-19(17(13-27-22)23(26)33)29-21(14-32)15-5-2-1-3-6-15/h1-3,5-8,11-13,21,32H,4,9-10,14H2,(H2,26,33)(H,30,34)(H2,27,28,29)/t21-/m1/s1. The molecular formula is C24H25FN6O3. The van der Waals surface area contributed by atoms with Gasteiger partial charge in [-0.15, -0.1) is 0 Å². The lowest BCUT2D eigenvalue weighted by molar-refractivity contribution is 0.100. The lowest BCUT2D eigenvalue weighted by atomic mass is 10.1. The Balaban J connectivity index is 1.56. The van der Waals surface area contributed by atoms with Crippen LogP contribution in [-0.2, 0) is 0 Å². The number of aromatic nitrogens is 1. The summed E-state index contributed by atoms with van der Waals surface area (Å²) in [5, 5.41) is 18.6. The minimum absolute atomic E-state index is 0.0402. The van der Waals surface area contributed by atoms with Crippen LogP contribution in [0.3, 0.4) is 0 Å². The number of amides is 3. The van der Waals surface area contributed by atoms with Gasteiger partial charge in [0.1, 0.15) is 11.6 Å². The average Bonchev–Trinajstić information content (AvgIpc) is 2.79. The van der Waals surface area contributed by atoms with Gasteiger partial charge in [0.05, 0.1) is 29.6 Å². The Labute approximate surface area is 195 Å². The predicted octanol–water partition coefficient (Wildman–Crippen LogP) is 3.45. The molecule has 1 aliphatic rings. The monoisotopic (exact) mass is 464 g/mol. The third kappa shape index (κ3) is 5.24. The highest BCUT2D eigenvalue weighted by Gasteiger charge is 2.21. The third-order valence-electron chi connectivity index (χ3n) is 5.51. The smallest absolute Gasteiger partial charge is 0.321 e. The average molecular weight is 465 g/mol. The van der Waals surface area contributed by atoms with Crippen LogP contribution in [0.5, 0.6) is 0 Å². The zero-order chi connectivity index (χ0) is 24.1. The summed E-state index contributed by atoms with van der Waals surface area (Å²) in [5.74, 6) is -0.889. The Hall–Kier alpha value is -4.18. The van der Waals surface area contributed by atoms with Gasteiger partial charge in [0, 0.05) is 31.0 Å². The molecule has 1 fully saturated rings. The zero-order valence-corrected chi connectivity index (χ0v) is 18.3. The van der Waals surface area contributed by atoms with Gasteiger partial charge in [0.2, 0.25) is 0 Å². The highest BCUT2D eigenvalue weighted by Crippen LogP contribution is 2.27. The van der Waals surface area contributed by atoms with E-state index < -0.39 is 17.8 Å². The van der Waals surface area contributed by atoms with Crippen LogP contribution in [0.25, 0.3) is 0 Å². The summed E-state index contributed by atoms with van der Waals surface area (Å²) in [6, 6.07) is 14.2. The SMILES string of the molecule is NC(=O)c1cnc(Nc2ccc(F)c(NC(=O)N3CCC3)c2)cc1N[C@H](CO)c1ccccc1. The molecule has 0 spiro atoms. The second-order valence-electron chi connectivity index (χ2n) is 7.86. The quantitative estimate of drug-likeness (QED) is 0.347. The topological polar surface area (TPSA) is 133 Å². The molecule has 0 unspecified atom stereocenters. The number of primary amides is 1. The highest BCUT2D eigenvalue weighted by molar-refractivity contribution is 5.98. The van der Waals surface area contributed by atoms with E-state index in [1.807, 2.05) is 30.3 Å².